The van der Waals surface area contributed by atoms with Gasteiger partial charge in [0.2, 0.25) is 0 Å². The van der Waals surface area contributed by atoms with Crippen molar-refractivity contribution in [2.75, 3.05) is 13.6 Å². The van der Waals surface area contributed by atoms with E-state index in [0.717, 1.165) is 6.54 Å². The number of nitrogens with zero attached hydrogens (tertiary/aromatic N) is 1. The van der Waals surface area contributed by atoms with Crippen molar-refractivity contribution in [3.05, 3.63) is 35.9 Å². The third-order valence-electron chi connectivity index (χ3n) is 4.19. The van der Waals surface area contributed by atoms with Crippen LogP contribution < -0.4 is 0 Å². The van der Waals surface area contributed by atoms with Gasteiger partial charge >= 0.3 is 0 Å². The Labute approximate surface area is 132 Å². The molecular formula is C20H35N. The summed E-state index contributed by atoms with van der Waals surface area (Å²) in [6.45, 7) is 4.60. The van der Waals surface area contributed by atoms with Gasteiger partial charge in [0.05, 0.1) is 0 Å². The summed E-state index contributed by atoms with van der Waals surface area (Å²) in [5.41, 5.74) is 1.42. The van der Waals surface area contributed by atoms with Crippen molar-refractivity contribution in [2.45, 2.75) is 77.7 Å². The first-order chi connectivity index (χ1) is 10.3. The number of rotatable bonds is 13. The molecule has 0 saturated heterocycles. The predicted molar refractivity (Wildman–Crippen MR) is 94.6 cm³/mol. The lowest BCUT2D eigenvalue weighted by molar-refractivity contribution is 0.316. The van der Waals surface area contributed by atoms with E-state index in [9.17, 15) is 0 Å². The fraction of sp³-hybridized carbons (Fsp3) is 0.700. The monoisotopic (exact) mass is 289 g/mol. The van der Waals surface area contributed by atoms with Gasteiger partial charge < -0.3 is 4.90 Å². The van der Waals surface area contributed by atoms with E-state index in [0.29, 0.717) is 0 Å². The Bertz CT molecular complexity index is 320. The first kappa shape index (κ1) is 18.2. The summed E-state index contributed by atoms with van der Waals surface area (Å²) in [4.78, 5) is 2.44. The van der Waals surface area contributed by atoms with Crippen LogP contribution in [0.5, 0.6) is 0 Å². The Hall–Kier alpha value is -0.820. The maximum absolute atomic E-state index is 2.44. The Morgan fingerprint density at radius 3 is 1.81 bits per heavy atom. The van der Waals surface area contributed by atoms with Gasteiger partial charge in [-0.15, -0.1) is 0 Å². The van der Waals surface area contributed by atoms with Crippen molar-refractivity contribution in [3.8, 4) is 0 Å². The molecule has 1 nitrogen and oxygen atoms in total. The molecule has 0 spiro atoms. The molecule has 0 N–H and O–H groups in total. The lowest BCUT2D eigenvalue weighted by atomic mass is 10.1. The molecule has 0 heterocycles. The Balaban J connectivity index is 1.87. The minimum absolute atomic E-state index is 1.08. The zero-order valence-corrected chi connectivity index (χ0v) is 14.3. The summed E-state index contributed by atoms with van der Waals surface area (Å²) < 4.78 is 0. The minimum Gasteiger partial charge on any atom is -0.302 e. The Kier molecular flexibility index (Phi) is 11.2. The van der Waals surface area contributed by atoms with E-state index < -0.39 is 0 Å². The van der Waals surface area contributed by atoms with Crippen molar-refractivity contribution in [1.82, 2.24) is 4.90 Å². The van der Waals surface area contributed by atoms with Gasteiger partial charge in [-0.3, -0.25) is 0 Å². The maximum atomic E-state index is 2.44. The van der Waals surface area contributed by atoms with Gasteiger partial charge in [0, 0.05) is 6.54 Å². The van der Waals surface area contributed by atoms with Crippen LogP contribution in [0.4, 0.5) is 0 Å². The van der Waals surface area contributed by atoms with Crippen molar-refractivity contribution in [2.24, 2.45) is 0 Å². The highest BCUT2D eigenvalue weighted by molar-refractivity contribution is 5.14. The van der Waals surface area contributed by atoms with Gasteiger partial charge in [-0.05, 0) is 25.6 Å². The van der Waals surface area contributed by atoms with Gasteiger partial charge in [-0.1, -0.05) is 95.0 Å². The van der Waals surface area contributed by atoms with E-state index in [1.54, 1.807) is 0 Å². The fourth-order valence-corrected chi connectivity index (χ4v) is 2.84. The molecule has 1 rings (SSSR count). The second-order valence-electron chi connectivity index (χ2n) is 6.41. The number of hydrogen-bond acceptors (Lipinski definition) is 1. The lowest BCUT2D eigenvalue weighted by Gasteiger charge is -2.16. The summed E-state index contributed by atoms with van der Waals surface area (Å²) in [5, 5.41) is 0. The van der Waals surface area contributed by atoms with E-state index in [1.165, 1.54) is 76.3 Å². The molecule has 0 aliphatic carbocycles. The van der Waals surface area contributed by atoms with Crippen LogP contribution in [0.1, 0.15) is 76.7 Å². The summed E-state index contributed by atoms with van der Waals surface area (Å²) in [6, 6.07) is 10.8. The van der Waals surface area contributed by atoms with Gasteiger partial charge in [0.15, 0.2) is 0 Å². The highest BCUT2D eigenvalue weighted by Gasteiger charge is 1.99. The minimum atomic E-state index is 1.08. The lowest BCUT2D eigenvalue weighted by Crippen LogP contribution is -2.18. The third-order valence-corrected chi connectivity index (χ3v) is 4.19. The summed E-state index contributed by atoms with van der Waals surface area (Å²) in [6.07, 6.45) is 14.2. The van der Waals surface area contributed by atoms with Crippen LogP contribution in [0.15, 0.2) is 30.3 Å². The van der Waals surface area contributed by atoms with Crippen LogP contribution in [-0.4, -0.2) is 18.5 Å². The molecule has 21 heavy (non-hydrogen) atoms. The van der Waals surface area contributed by atoms with E-state index >= 15 is 0 Å². The van der Waals surface area contributed by atoms with E-state index in [1.807, 2.05) is 0 Å². The summed E-state index contributed by atoms with van der Waals surface area (Å²) in [7, 11) is 2.24. The van der Waals surface area contributed by atoms with Crippen LogP contribution in [-0.2, 0) is 6.54 Å². The average Bonchev–Trinajstić information content (AvgIpc) is 2.50. The third kappa shape index (κ3) is 10.5. The molecule has 0 aliphatic heterocycles. The zero-order valence-electron chi connectivity index (χ0n) is 14.3. The molecular weight excluding hydrogens is 254 g/mol. The van der Waals surface area contributed by atoms with Crippen LogP contribution >= 0.6 is 0 Å². The second-order valence-corrected chi connectivity index (χ2v) is 6.41. The summed E-state index contributed by atoms with van der Waals surface area (Å²) in [5.74, 6) is 0. The standard InChI is InChI=1S/C20H35N/c1-3-4-5-6-7-8-9-10-11-15-18-21(2)19-20-16-13-12-14-17-20/h12-14,16-17H,3-11,15,18-19H2,1-2H3. The first-order valence-corrected chi connectivity index (χ1v) is 9.05. The molecule has 0 fully saturated rings. The van der Waals surface area contributed by atoms with E-state index in [4.69, 9.17) is 0 Å². The van der Waals surface area contributed by atoms with Crippen molar-refractivity contribution >= 4 is 0 Å². The SMILES string of the molecule is CCCCCCCCCCCCN(C)Cc1ccccc1. The van der Waals surface area contributed by atoms with Crippen LogP contribution in [0, 0.1) is 0 Å². The van der Waals surface area contributed by atoms with Crippen molar-refractivity contribution in [1.29, 1.82) is 0 Å². The highest BCUT2D eigenvalue weighted by Crippen LogP contribution is 2.11. The summed E-state index contributed by atoms with van der Waals surface area (Å²) >= 11 is 0. The first-order valence-electron chi connectivity index (χ1n) is 9.05. The molecule has 0 radical (unpaired) electrons. The largest absolute Gasteiger partial charge is 0.302 e. The average molecular weight is 290 g/mol. The predicted octanol–water partition coefficient (Wildman–Crippen LogP) is 6.04. The van der Waals surface area contributed by atoms with Crippen LogP contribution in [0.3, 0.4) is 0 Å². The topological polar surface area (TPSA) is 3.24 Å². The molecule has 0 atom stereocenters. The quantitative estimate of drug-likeness (QED) is 0.400. The maximum Gasteiger partial charge on any atom is 0.0230 e. The molecule has 0 unspecified atom stereocenters. The molecule has 1 aromatic carbocycles. The van der Waals surface area contributed by atoms with Crippen LogP contribution in [0.25, 0.3) is 0 Å². The van der Waals surface area contributed by atoms with E-state index in [2.05, 4.69) is 49.2 Å². The van der Waals surface area contributed by atoms with Gasteiger partial charge in [0.1, 0.15) is 0 Å². The fourth-order valence-electron chi connectivity index (χ4n) is 2.84. The number of hydrogen-bond donors (Lipinski definition) is 0. The Morgan fingerprint density at radius 1 is 0.714 bits per heavy atom. The highest BCUT2D eigenvalue weighted by atomic mass is 15.1. The van der Waals surface area contributed by atoms with Crippen molar-refractivity contribution < 1.29 is 0 Å². The molecule has 0 bridgehead atoms. The molecule has 0 aliphatic rings. The van der Waals surface area contributed by atoms with Crippen LogP contribution in [0.2, 0.25) is 0 Å². The van der Waals surface area contributed by atoms with Gasteiger partial charge in [-0.2, -0.15) is 0 Å². The molecule has 1 aromatic rings. The van der Waals surface area contributed by atoms with Gasteiger partial charge in [-0.25, -0.2) is 0 Å². The molecule has 0 saturated carbocycles. The Morgan fingerprint density at radius 2 is 1.24 bits per heavy atom. The van der Waals surface area contributed by atoms with E-state index in [-0.39, 0.29) is 0 Å². The van der Waals surface area contributed by atoms with Crippen molar-refractivity contribution in [3.63, 3.8) is 0 Å². The molecule has 0 aromatic heterocycles. The second kappa shape index (κ2) is 12.9. The smallest absolute Gasteiger partial charge is 0.0230 e. The molecule has 120 valence electrons. The number of benzene rings is 1. The normalized spacial score (nSPS) is 11.2. The van der Waals surface area contributed by atoms with Gasteiger partial charge in [0.25, 0.3) is 0 Å². The number of unbranched alkanes of at least 4 members (excludes halogenated alkanes) is 9. The molecule has 0 amide bonds. The zero-order chi connectivity index (χ0) is 15.2. The molecule has 1 heteroatoms.